The fourth-order valence-corrected chi connectivity index (χ4v) is 1.32. The maximum Gasteiger partial charge on any atom is 0.384 e. The summed E-state index contributed by atoms with van der Waals surface area (Å²) in [6.07, 6.45) is 0. The van der Waals surface area contributed by atoms with Gasteiger partial charge in [0, 0.05) is 11.5 Å². The molecule has 0 atom stereocenters. The summed E-state index contributed by atoms with van der Waals surface area (Å²) in [7, 11) is 2.86. The van der Waals surface area contributed by atoms with Gasteiger partial charge in [-0.05, 0) is 34.1 Å². The molecule has 0 aliphatic rings. The van der Waals surface area contributed by atoms with Crippen molar-refractivity contribution in [2.24, 2.45) is 0 Å². The number of ether oxygens (including phenoxy) is 2. The minimum Gasteiger partial charge on any atom is -0.496 e. The number of carbonyl (C=O) groups excluding carboxylic acids is 1. The van der Waals surface area contributed by atoms with Crippen molar-refractivity contribution < 1.29 is 14.3 Å². The molecule has 0 saturated heterocycles. The summed E-state index contributed by atoms with van der Waals surface area (Å²) >= 11 is 3.32. The molecule has 3 nitrogen and oxygen atoms in total. The SMILES string of the molecule is COC(=O)C#Cc1ccc(Br)c(OC)c1. The molecule has 78 valence electrons. The molecule has 0 heterocycles. The average Bonchev–Trinajstić information content (AvgIpc) is 2.27. The second kappa shape index (κ2) is 5.42. The third-order valence-corrected chi connectivity index (χ3v) is 2.30. The van der Waals surface area contributed by atoms with Crippen LogP contribution in [-0.2, 0) is 9.53 Å². The highest BCUT2D eigenvalue weighted by atomic mass is 79.9. The number of esters is 1. The van der Waals surface area contributed by atoms with Gasteiger partial charge in [0.2, 0.25) is 0 Å². The van der Waals surface area contributed by atoms with Gasteiger partial charge in [0.1, 0.15) is 5.75 Å². The Morgan fingerprint density at radius 1 is 1.40 bits per heavy atom. The molecule has 0 N–H and O–H groups in total. The molecule has 1 aromatic rings. The van der Waals surface area contributed by atoms with E-state index < -0.39 is 5.97 Å². The van der Waals surface area contributed by atoms with E-state index in [2.05, 4.69) is 32.5 Å². The molecule has 0 radical (unpaired) electrons. The maximum atomic E-state index is 10.8. The molecule has 0 aliphatic carbocycles. The molecule has 0 saturated carbocycles. The van der Waals surface area contributed by atoms with E-state index in [1.54, 1.807) is 25.3 Å². The zero-order valence-electron chi connectivity index (χ0n) is 8.33. The Morgan fingerprint density at radius 3 is 2.73 bits per heavy atom. The monoisotopic (exact) mass is 268 g/mol. The first-order valence-corrected chi connectivity index (χ1v) is 4.90. The van der Waals surface area contributed by atoms with Crippen molar-refractivity contribution in [3.63, 3.8) is 0 Å². The first-order valence-electron chi connectivity index (χ1n) is 4.11. The lowest BCUT2D eigenvalue weighted by Crippen LogP contribution is -1.94. The highest BCUT2D eigenvalue weighted by Crippen LogP contribution is 2.25. The van der Waals surface area contributed by atoms with Gasteiger partial charge in [-0.3, -0.25) is 0 Å². The molecular weight excluding hydrogens is 260 g/mol. The minimum absolute atomic E-state index is 0.558. The number of carbonyl (C=O) groups is 1. The first kappa shape index (κ1) is 11.6. The van der Waals surface area contributed by atoms with Gasteiger partial charge in [-0.15, -0.1) is 0 Å². The van der Waals surface area contributed by atoms with Crippen LogP contribution in [0.25, 0.3) is 0 Å². The van der Waals surface area contributed by atoms with Crippen molar-refractivity contribution in [1.29, 1.82) is 0 Å². The van der Waals surface area contributed by atoms with Crippen LogP contribution in [0, 0.1) is 11.8 Å². The van der Waals surface area contributed by atoms with Crippen LogP contribution in [0.3, 0.4) is 0 Å². The van der Waals surface area contributed by atoms with Gasteiger partial charge < -0.3 is 9.47 Å². The molecule has 0 aromatic heterocycles. The van der Waals surface area contributed by atoms with E-state index in [0.717, 1.165) is 4.47 Å². The van der Waals surface area contributed by atoms with Crippen LogP contribution < -0.4 is 4.74 Å². The number of rotatable bonds is 1. The van der Waals surface area contributed by atoms with Crippen molar-refractivity contribution in [2.75, 3.05) is 14.2 Å². The van der Waals surface area contributed by atoms with Crippen LogP contribution in [0.4, 0.5) is 0 Å². The van der Waals surface area contributed by atoms with Crippen LogP contribution in [0.5, 0.6) is 5.75 Å². The van der Waals surface area contributed by atoms with Gasteiger partial charge in [-0.1, -0.05) is 5.92 Å². The molecular formula is C11H9BrO3. The molecule has 0 aliphatic heterocycles. The zero-order valence-corrected chi connectivity index (χ0v) is 9.92. The Kier molecular flexibility index (Phi) is 4.19. The summed E-state index contributed by atoms with van der Waals surface area (Å²) in [6, 6.07) is 5.32. The largest absolute Gasteiger partial charge is 0.496 e. The number of benzene rings is 1. The highest BCUT2D eigenvalue weighted by molar-refractivity contribution is 9.10. The molecule has 1 aromatic carbocycles. The quantitative estimate of drug-likeness (QED) is 0.577. The molecule has 1 rings (SSSR count). The van der Waals surface area contributed by atoms with E-state index in [9.17, 15) is 4.79 Å². The summed E-state index contributed by atoms with van der Waals surface area (Å²) in [5.41, 5.74) is 0.695. The van der Waals surface area contributed by atoms with Crippen LogP contribution in [0.15, 0.2) is 22.7 Å². The van der Waals surface area contributed by atoms with E-state index >= 15 is 0 Å². The van der Waals surface area contributed by atoms with Crippen molar-refractivity contribution in [1.82, 2.24) is 0 Å². The van der Waals surface area contributed by atoms with E-state index in [4.69, 9.17) is 4.74 Å². The molecule has 0 unspecified atom stereocenters. The van der Waals surface area contributed by atoms with Crippen molar-refractivity contribution >= 4 is 21.9 Å². The lowest BCUT2D eigenvalue weighted by molar-refractivity contribution is -0.133. The molecule has 0 amide bonds. The van der Waals surface area contributed by atoms with Gasteiger partial charge in [0.25, 0.3) is 0 Å². The predicted molar refractivity (Wildman–Crippen MR) is 59.6 cm³/mol. The summed E-state index contributed by atoms with van der Waals surface area (Å²) in [5.74, 6) is 5.12. The fraction of sp³-hybridized carbons (Fsp3) is 0.182. The van der Waals surface area contributed by atoms with Gasteiger partial charge in [0.05, 0.1) is 18.7 Å². The molecule has 0 fully saturated rings. The summed E-state index contributed by atoms with van der Waals surface area (Å²) in [5, 5.41) is 0. The number of hydrogen-bond acceptors (Lipinski definition) is 3. The van der Waals surface area contributed by atoms with Gasteiger partial charge in [-0.25, -0.2) is 4.79 Å². The fourth-order valence-electron chi connectivity index (χ4n) is 0.912. The van der Waals surface area contributed by atoms with Gasteiger partial charge >= 0.3 is 5.97 Å². The average molecular weight is 269 g/mol. The Hall–Kier alpha value is -1.47. The second-order valence-corrected chi connectivity index (χ2v) is 3.45. The Balaban J connectivity index is 2.95. The highest BCUT2D eigenvalue weighted by Gasteiger charge is 1.99. The van der Waals surface area contributed by atoms with E-state index in [-0.39, 0.29) is 0 Å². The minimum atomic E-state index is -0.558. The van der Waals surface area contributed by atoms with E-state index in [0.29, 0.717) is 11.3 Å². The Labute approximate surface area is 96.5 Å². The normalized spacial score (nSPS) is 8.73. The lowest BCUT2D eigenvalue weighted by atomic mass is 10.2. The van der Waals surface area contributed by atoms with Crippen molar-refractivity contribution in [2.45, 2.75) is 0 Å². The van der Waals surface area contributed by atoms with E-state index in [1.165, 1.54) is 7.11 Å². The second-order valence-electron chi connectivity index (χ2n) is 2.59. The predicted octanol–water partition coefficient (Wildman–Crippen LogP) is 1.98. The molecule has 4 heteroatoms. The van der Waals surface area contributed by atoms with Crippen LogP contribution in [-0.4, -0.2) is 20.2 Å². The van der Waals surface area contributed by atoms with Gasteiger partial charge in [-0.2, -0.15) is 0 Å². The first-order chi connectivity index (χ1) is 7.17. The van der Waals surface area contributed by atoms with Gasteiger partial charge in [0.15, 0.2) is 0 Å². The topological polar surface area (TPSA) is 35.5 Å². The van der Waals surface area contributed by atoms with Crippen LogP contribution >= 0.6 is 15.9 Å². The van der Waals surface area contributed by atoms with Crippen molar-refractivity contribution in [3.05, 3.63) is 28.2 Å². The molecule has 15 heavy (non-hydrogen) atoms. The van der Waals surface area contributed by atoms with Crippen molar-refractivity contribution in [3.8, 4) is 17.6 Å². The summed E-state index contributed by atoms with van der Waals surface area (Å²) in [4.78, 5) is 10.8. The lowest BCUT2D eigenvalue weighted by Gasteiger charge is -2.02. The van der Waals surface area contributed by atoms with Crippen LogP contribution in [0.1, 0.15) is 5.56 Å². The Bertz CT molecular complexity index is 429. The summed E-state index contributed by atoms with van der Waals surface area (Å²) in [6.45, 7) is 0. The molecule has 0 spiro atoms. The van der Waals surface area contributed by atoms with Crippen LogP contribution in [0.2, 0.25) is 0 Å². The number of methoxy groups -OCH3 is 2. The zero-order chi connectivity index (χ0) is 11.3. The Morgan fingerprint density at radius 2 is 2.13 bits per heavy atom. The molecule has 0 bridgehead atoms. The maximum absolute atomic E-state index is 10.8. The van der Waals surface area contributed by atoms with E-state index in [1.807, 2.05) is 0 Å². The third kappa shape index (κ3) is 3.30. The number of hydrogen-bond donors (Lipinski definition) is 0. The standard InChI is InChI=1S/C11H9BrO3/c1-14-10-7-8(3-5-9(10)12)4-6-11(13)15-2/h3,5,7H,1-2H3. The number of halogens is 1. The summed E-state index contributed by atoms with van der Waals surface area (Å²) < 4.78 is 10.3. The smallest absolute Gasteiger partial charge is 0.384 e. The third-order valence-electron chi connectivity index (χ3n) is 1.65.